The monoisotopic (exact) mass is 293 g/mol. The number of rotatable bonds is 6. The lowest BCUT2D eigenvalue weighted by atomic mass is 9.93. The van der Waals surface area contributed by atoms with E-state index in [9.17, 15) is 13.2 Å². The number of hydrogen-bond donors (Lipinski definition) is 1. The Hall–Kier alpha value is -0.820. The average Bonchev–Trinajstić information content (AvgIpc) is 2.27. The minimum absolute atomic E-state index is 0.0744. The molecule has 0 aromatic rings. The number of ether oxygens (including phenoxy) is 1. The van der Waals surface area contributed by atoms with Gasteiger partial charge in [-0.2, -0.15) is 8.42 Å². The van der Waals surface area contributed by atoms with Crippen molar-refractivity contribution >= 4 is 16.2 Å². The molecule has 2 unspecified atom stereocenters. The molecule has 1 amide bonds. The quantitative estimate of drug-likeness (QED) is 0.596. The summed E-state index contributed by atoms with van der Waals surface area (Å²) in [5, 5.41) is 2.76. The van der Waals surface area contributed by atoms with E-state index < -0.39 is 16.2 Å². The van der Waals surface area contributed by atoms with Gasteiger partial charge in [0.15, 0.2) is 0 Å². The molecule has 1 saturated carbocycles. The van der Waals surface area contributed by atoms with E-state index in [-0.39, 0.29) is 12.1 Å². The molecule has 0 heterocycles. The molecule has 1 rings (SSSR count). The maximum atomic E-state index is 11.5. The van der Waals surface area contributed by atoms with Crippen LogP contribution in [0.5, 0.6) is 0 Å². The molecular formula is C12H23NO5S. The van der Waals surface area contributed by atoms with Crippen LogP contribution in [-0.2, 0) is 19.0 Å². The van der Waals surface area contributed by atoms with Crippen molar-refractivity contribution in [2.75, 3.05) is 12.9 Å². The van der Waals surface area contributed by atoms with Gasteiger partial charge in [-0.3, -0.25) is 4.18 Å². The maximum absolute atomic E-state index is 11.5. The standard InChI is InChI=1S/C12H23NO5S/c1-3-4-8-17-12(14)13-10-6-5-7-11(9-10)18-19(2,15)16/h10-11H,3-9H2,1-2H3,(H,13,14). The predicted octanol–water partition coefficient (Wildman–Crippen LogP) is 1.80. The van der Waals surface area contributed by atoms with Crippen LogP contribution in [0, 0.1) is 0 Å². The van der Waals surface area contributed by atoms with Crippen LogP contribution in [0.15, 0.2) is 0 Å². The number of nitrogens with one attached hydrogen (secondary N) is 1. The van der Waals surface area contributed by atoms with E-state index in [2.05, 4.69) is 5.32 Å². The van der Waals surface area contributed by atoms with Crippen LogP contribution in [0.25, 0.3) is 0 Å². The molecule has 0 spiro atoms. The fourth-order valence-electron chi connectivity index (χ4n) is 2.13. The Kier molecular flexibility index (Phi) is 6.57. The minimum atomic E-state index is -3.44. The molecule has 1 aliphatic carbocycles. The molecule has 1 fully saturated rings. The zero-order valence-electron chi connectivity index (χ0n) is 11.6. The Labute approximate surface area is 115 Å². The van der Waals surface area contributed by atoms with Gasteiger partial charge in [-0.25, -0.2) is 4.79 Å². The Bertz CT molecular complexity index is 382. The first-order valence-corrected chi connectivity index (χ1v) is 8.54. The van der Waals surface area contributed by atoms with E-state index in [0.717, 1.165) is 31.9 Å². The van der Waals surface area contributed by atoms with Gasteiger partial charge in [0, 0.05) is 6.04 Å². The van der Waals surface area contributed by atoms with Crippen molar-refractivity contribution in [2.45, 2.75) is 57.6 Å². The summed E-state index contributed by atoms with van der Waals surface area (Å²) in [4.78, 5) is 11.5. The summed E-state index contributed by atoms with van der Waals surface area (Å²) in [6, 6.07) is -0.0744. The first-order valence-electron chi connectivity index (χ1n) is 6.72. The van der Waals surface area contributed by atoms with Crippen LogP contribution in [-0.4, -0.2) is 39.5 Å². The first-order chi connectivity index (χ1) is 8.90. The Morgan fingerprint density at radius 2 is 2.11 bits per heavy atom. The second-order valence-electron chi connectivity index (χ2n) is 4.92. The summed E-state index contributed by atoms with van der Waals surface area (Å²) >= 11 is 0. The van der Waals surface area contributed by atoms with Crippen molar-refractivity contribution in [2.24, 2.45) is 0 Å². The molecule has 0 bridgehead atoms. The first kappa shape index (κ1) is 16.2. The molecule has 0 radical (unpaired) electrons. The van der Waals surface area contributed by atoms with Crippen LogP contribution in [0.2, 0.25) is 0 Å². The summed E-state index contributed by atoms with van der Waals surface area (Å²) in [5.41, 5.74) is 0. The predicted molar refractivity (Wildman–Crippen MR) is 71.4 cm³/mol. The normalized spacial score (nSPS) is 23.9. The average molecular weight is 293 g/mol. The van der Waals surface area contributed by atoms with Crippen LogP contribution in [0.4, 0.5) is 4.79 Å². The van der Waals surface area contributed by atoms with Gasteiger partial charge in [0.1, 0.15) is 0 Å². The van der Waals surface area contributed by atoms with Gasteiger partial charge >= 0.3 is 6.09 Å². The molecule has 0 aromatic carbocycles. The van der Waals surface area contributed by atoms with Crippen molar-refractivity contribution in [1.82, 2.24) is 5.32 Å². The summed E-state index contributed by atoms with van der Waals surface area (Å²) in [7, 11) is -3.44. The van der Waals surface area contributed by atoms with E-state index in [1.54, 1.807) is 0 Å². The number of alkyl carbamates (subject to hydrolysis) is 1. The highest BCUT2D eigenvalue weighted by Crippen LogP contribution is 2.22. The highest BCUT2D eigenvalue weighted by atomic mass is 32.2. The zero-order chi connectivity index (χ0) is 14.3. The Morgan fingerprint density at radius 3 is 2.74 bits per heavy atom. The Balaban J connectivity index is 2.32. The maximum Gasteiger partial charge on any atom is 0.407 e. The van der Waals surface area contributed by atoms with Crippen molar-refractivity contribution < 1.29 is 22.1 Å². The molecule has 1 aliphatic rings. The summed E-state index contributed by atoms with van der Waals surface area (Å²) in [5.74, 6) is 0. The minimum Gasteiger partial charge on any atom is -0.450 e. The number of carbonyl (C=O) groups is 1. The SMILES string of the molecule is CCCCOC(=O)NC1CCCC(OS(C)(=O)=O)C1. The van der Waals surface area contributed by atoms with E-state index in [0.29, 0.717) is 19.4 Å². The molecule has 0 aliphatic heterocycles. The highest BCUT2D eigenvalue weighted by molar-refractivity contribution is 7.86. The molecule has 2 atom stereocenters. The summed E-state index contributed by atoms with van der Waals surface area (Å²) in [6.45, 7) is 2.44. The van der Waals surface area contributed by atoms with Gasteiger partial charge in [-0.1, -0.05) is 13.3 Å². The summed E-state index contributed by atoms with van der Waals surface area (Å²) < 4.78 is 32.1. The van der Waals surface area contributed by atoms with Crippen LogP contribution < -0.4 is 5.32 Å². The topological polar surface area (TPSA) is 81.7 Å². The lowest BCUT2D eigenvalue weighted by molar-refractivity contribution is 0.119. The molecule has 6 nitrogen and oxygen atoms in total. The van der Waals surface area contributed by atoms with Gasteiger partial charge in [-0.15, -0.1) is 0 Å². The third-order valence-electron chi connectivity index (χ3n) is 2.99. The van der Waals surface area contributed by atoms with Gasteiger partial charge < -0.3 is 10.1 Å². The van der Waals surface area contributed by atoms with E-state index in [1.807, 2.05) is 6.92 Å². The molecule has 19 heavy (non-hydrogen) atoms. The molecule has 112 valence electrons. The van der Waals surface area contributed by atoms with Crippen molar-refractivity contribution in [3.8, 4) is 0 Å². The van der Waals surface area contributed by atoms with Crippen molar-refractivity contribution in [1.29, 1.82) is 0 Å². The smallest absolute Gasteiger partial charge is 0.407 e. The second kappa shape index (κ2) is 7.69. The van der Waals surface area contributed by atoms with E-state index in [1.165, 1.54) is 0 Å². The highest BCUT2D eigenvalue weighted by Gasteiger charge is 2.26. The van der Waals surface area contributed by atoms with E-state index >= 15 is 0 Å². The number of hydrogen-bond acceptors (Lipinski definition) is 5. The van der Waals surface area contributed by atoms with Crippen LogP contribution in [0.1, 0.15) is 45.4 Å². The van der Waals surface area contributed by atoms with Crippen LogP contribution >= 0.6 is 0 Å². The number of unbranched alkanes of at least 4 members (excludes halogenated alkanes) is 1. The molecule has 7 heteroatoms. The largest absolute Gasteiger partial charge is 0.450 e. The molecule has 0 saturated heterocycles. The van der Waals surface area contributed by atoms with Gasteiger partial charge in [0.25, 0.3) is 10.1 Å². The zero-order valence-corrected chi connectivity index (χ0v) is 12.4. The second-order valence-corrected chi connectivity index (χ2v) is 6.52. The molecule has 0 aromatic heterocycles. The third kappa shape index (κ3) is 7.37. The van der Waals surface area contributed by atoms with Gasteiger partial charge in [-0.05, 0) is 32.1 Å². The van der Waals surface area contributed by atoms with Gasteiger partial charge in [0.05, 0.1) is 19.0 Å². The summed E-state index contributed by atoms with van der Waals surface area (Å²) in [6.07, 6.45) is 4.96. The van der Waals surface area contributed by atoms with Crippen LogP contribution in [0.3, 0.4) is 0 Å². The van der Waals surface area contributed by atoms with E-state index in [4.69, 9.17) is 8.92 Å². The fourth-order valence-corrected chi connectivity index (χ4v) is 2.80. The lowest BCUT2D eigenvalue weighted by Crippen LogP contribution is -2.41. The van der Waals surface area contributed by atoms with Crippen molar-refractivity contribution in [3.63, 3.8) is 0 Å². The Morgan fingerprint density at radius 1 is 1.37 bits per heavy atom. The number of amides is 1. The fraction of sp³-hybridized carbons (Fsp3) is 0.917. The van der Waals surface area contributed by atoms with Gasteiger partial charge in [0.2, 0.25) is 0 Å². The molecular weight excluding hydrogens is 270 g/mol. The lowest BCUT2D eigenvalue weighted by Gasteiger charge is -2.28. The molecule has 1 N–H and O–H groups in total. The number of carbonyl (C=O) groups excluding carboxylic acids is 1. The van der Waals surface area contributed by atoms with Crippen molar-refractivity contribution in [3.05, 3.63) is 0 Å². The third-order valence-corrected chi connectivity index (χ3v) is 3.61.